The Balaban J connectivity index is 1.64. The predicted molar refractivity (Wildman–Crippen MR) is 120 cm³/mol. The van der Waals surface area contributed by atoms with Crippen LogP contribution in [0.15, 0.2) is 115 Å². The topological polar surface area (TPSA) is 3.24 Å². The van der Waals surface area contributed by atoms with Crippen molar-refractivity contribution in [2.24, 2.45) is 0 Å². The quantitative estimate of drug-likeness (QED) is 0.325. The molecule has 0 bridgehead atoms. The summed E-state index contributed by atoms with van der Waals surface area (Å²) in [5.74, 6) is 0. The van der Waals surface area contributed by atoms with Crippen LogP contribution in [0.1, 0.15) is 5.56 Å². The van der Waals surface area contributed by atoms with Gasteiger partial charge in [0.15, 0.2) is 0 Å². The van der Waals surface area contributed by atoms with Gasteiger partial charge in [0.25, 0.3) is 0 Å². The highest BCUT2D eigenvalue weighted by molar-refractivity contribution is 5.89. The summed E-state index contributed by atoms with van der Waals surface area (Å²) in [7, 11) is 0. The SMILES string of the molecule is c1ccc(CN(c2ccc3ccccc3c2)c2ccc3ccccc3c2)cc1. The first-order valence-electron chi connectivity index (χ1n) is 9.66. The molecule has 0 aliphatic rings. The molecule has 134 valence electrons. The average Bonchev–Trinajstić information content (AvgIpc) is 2.77. The molecule has 0 saturated carbocycles. The Morgan fingerprint density at radius 2 is 0.893 bits per heavy atom. The molecule has 0 aliphatic heterocycles. The van der Waals surface area contributed by atoms with Crippen LogP contribution in [-0.2, 0) is 6.54 Å². The van der Waals surface area contributed by atoms with Gasteiger partial charge in [0, 0.05) is 17.9 Å². The first-order valence-corrected chi connectivity index (χ1v) is 9.66. The molecule has 1 heteroatoms. The smallest absolute Gasteiger partial charge is 0.0481 e. The molecule has 0 spiro atoms. The van der Waals surface area contributed by atoms with Gasteiger partial charge in [-0.05, 0) is 51.4 Å². The van der Waals surface area contributed by atoms with Crippen molar-refractivity contribution in [3.63, 3.8) is 0 Å². The van der Waals surface area contributed by atoms with E-state index in [1.165, 1.54) is 38.5 Å². The zero-order valence-electron chi connectivity index (χ0n) is 15.6. The van der Waals surface area contributed by atoms with Gasteiger partial charge >= 0.3 is 0 Å². The van der Waals surface area contributed by atoms with Gasteiger partial charge in [0.05, 0.1) is 0 Å². The first-order chi connectivity index (χ1) is 13.9. The molecular weight excluding hydrogens is 338 g/mol. The largest absolute Gasteiger partial charge is 0.337 e. The standard InChI is InChI=1S/C27H21N/c1-2-8-21(9-3-1)20-28(26-16-14-22-10-4-6-12-24(22)18-26)27-17-15-23-11-5-7-13-25(23)19-27/h1-19H,20H2. The van der Waals surface area contributed by atoms with Gasteiger partial charge in [0.2, 0.25) is 0 Å². The van der Waals surface area contributed by atoms with Crippen LogP contribution in [0.3, 0.4) is 0 Å². The van der Waals surface area contributed by atoms with Gasteiger partial charge in [-0.15, -0.1) is 0 Å². The third kappa shape index (κ3) is 3.23. The number of fused-ring (bicyclic) bond motifs is 2. The Labute approximate surface area is 165 Å². The van der Waals surface area contributed by atoms with Gasteiger partial charge in [-0.3, -0.25) is 0 Å². The number of hydrogen-bond donors (Lipinski definition) is 0. The maximum Gasteiger partial charge on any atom is 0.0481 e. The third-order valence-electron chi connectivity index (χ3n) is 5.27. The molecule has 0 saturated heterocycles. The molecule has 1 nitrogen and oxygen atoms in total. The number of nitrogens with zero attached hydrogens (tertiary/aromatic N) is 1. The molecule has 0 N–H and O–H groups in total. The lowest BCUT2D eigenvalue weighted by Crippen LogP contribution is -2.16. The highest BCUT2D eigenvalue weighted by atomic mass is 15.1. The second-order valence-corrected chi connectivity index (χ2v) is 7.13. The molecule has 0 atom stereocenters. The van der Waals surface area contributed by atoms with Crippen LogP contribution in [0.25, 0.3) is 21.5 Å². The second kappa shape index (κ2) is 7.21. The van der Waals surface area contributed by atoms with E-state index in [2.05, 4.69) is 120 Å². The molecule has 0 aliphatic carbocycles. The van der Waals surface area contributed by atoms with E-state index in [1.807, 2.05) is 0 Å². The zero-order chi connectivity index (χ0) is 18.8. The van der Waals surface area contributed by atoms with Crippen molar-refractivity contribution in [3.8, 4) is 0 Å². The minimum Gasteiger partial charge on any atom is -0.337 e. The van der Waals surface area contributed by atoms with E-state index in [0.29, 0.717) is 0 Å². The summed E-state index contributed by atoms with van der Waals surface area (Å²) in [6.45, 7) is 0.831. The summed E-state index contributed by atoms with van der Waals surface area (Å²) in [5, 5.41) is 5.06. The molecular formula is C27H21N. The molecule has 28 heavy (non-hydrogen) atoms. The summed E-state index contributed by atoms with van der Waals surface area (Å²) in [6.07, 6.45) is 0. The number of rotatable bonds is 4. The maximum atomic E-state index is 2.40. The van der Waals surface area contributed by atoms with Crippen LogP contribution in [0.5, 0.6) is 0 Å². The Bertz CT molecular complexity index is 1160. The highest BCUT2D eigenvalue weighted by Crippen LogP contribution is 2.32. The Morgan fingerprint density at radius 1 is 0.429 bits per heavy atom. The summed E-state index contributed by atoms with van der Waals surface area (Å²) in [4.78, 5) is 2.40. The van der Waals surface area contributed by atoms with Crippen LogP contribution in [0.4, 0.5) is 11.4 Å². The van der Waals surface area contributed by atoms with E-state index in [1.54, 1.807) is 0 Å². The summed E-state index contributed by atoms with van der Waals surface area (Å²) >= 11 is 0. The van der Waals surface area contributed by atoms with Crippen molar-refractivity contribution < 1.29 is 0 Å². The number of benzene rings is 5. The van der Waals surface area contributed by atoms with Crippen molar-refractivity contribution in [3.05, 3.63) is 121 Å². The van der Waals surface area contributed by atoms with Crippen molar-refractivity contribution in [2.75, 3.05) is 4.90 Å². The summed E-state index contributed by atoms with van der Waals surface area (Å²) < 4.78 is 0. The summed E-state index contributed by atoms with van der Waals surface area (Å²) in [5.41, 5.74) is 3.71. The van der Waals surface area contributed by atoms with Gasteiger partial charge < -0.3 is 4.90 Å². The second-order valence-electron chi connectivity index (χ2n) is 7.13. The van der Waals surface area contributed by atoms with Gasteiger partial charge in [-0.25, -0.2) is 0 Å². The van der Waals surface area contributed by atoms with Crippen LogP contribution >= 0.6 is 0 Å². The third-order valence-corrected chi connectivity index (χ3v) is 5.27. The molecule has 0 radical (unpaired) electrons. The Hall–Kier alpha value is -3.58. The monoisotopic (exact) mass is 359 g/mol. The molecule has 0 fully saturated rings. The minimum absolute atomic E-state index is 0.831. The van der Waals surface area contributed by atoms with E-state index in [9.17, 15) is 0 Å². The number of anilines is 2. The predicted octanol–water partition coefficient (Wildman–Crippen LogP) is 7.33. The van der Waals surface area contributed by atoms with E-state index in [4.69, 9.17) is 0 Å². The van der Waals surface area contributed by atoms with Crippen LogP contribution in [0, 0.1) is 0 Å². The van der Waals surface area contributed by atoms with E-state index in [-0.39, 0.29) is 0 Å². The van der Waals surface area contributed by atoms with E-state index < -0.39 is 0 Å². The van der Waals surface area contributed by atoms with Crippen LogP contribution < -0.4 is 4.90 Å². The zero-order valence-corrected chi connectivity index (χ0v) is 15.6. The molecule has 0 heterocycles. The molecule has 0 amide bonds. The summed E-state index contributed by atoms with van der Waals surface area (Å²) in [6, 6.07) is 41.2. The minimum atomic E-state index is 0.831. The van der Waals surface area contributed by atoms with Crippen molar-refractivity contribution >= 4 is 32.9 Å². The lowest BCUT2D eigenvalue weighted by molar-refractivity contribution is 0.978. The Kier molecular flexibility index (Phi) is 4.27. The van der Waals surface area contributed by atoms with Crippen LogP contribution in [-0.4, -0.2) is 0 Å². The normalized spacial score (nSPS) is 11.0. The average molecular weight is 359 g/mol. The van der Waals surface area contributed by atoms with E-state index >= 15 is 0 Å². The Morgan fingerprint density at radius 3 is 1.43 bits per heavy atom. The molecule has 0 unspecified atom stereocenters. The van der Waals surface area contributed by atoms with Gasteiger partial charge in [0.1, 0.15) is 0 Å². The fourth-order valence-electron chi connectivity index (χ4n) is 3.79. The highest BCUT2D eigenvalue weighted by Gasteiger charge is 2.12. The maximum absolute atomic E-state index is 2.40. The van der Waals surface area contributed by atoms with Gasteiger partial charge in [-0.2, -0.15) is 0 Å². The van der Waals surface area contributed by atoms with E-state index in [0.717, 1.165) is 6.54 Å². The lowest BCUT2D eigenvalue weighted by atomic mass is 10.1. The molecule has 5 aromatic carbocycles. The fourth-order valence-corrected chi connectivity index (χ4v) is 3.79. The molecule has 0 aromatic heterocycles. The molecule has 5 aromatic rings. The first kappa shape index (κ1) is 16.6. The van der Waals surface area contributed by atoms with Crippen molar-refractivity contribution in [1.29, 1.82) is 0 Å². The van der Waals surface area contributed by atoms with Crippen molar-refractivity contribution in [1.82, 2.24) is 0 Å². The van der Waals surface area contributed by atoms with Gasteiger partial charge in [-0.1, -0.05) is 91.0 Å². The van der Waals surface area contributed by atoms with Crippen molar-refractivity contribution in [2.45, 2.75) is 6.54 Å². The molecule has 5 rings (SSSR count). The van der Waals surface area contributed by atoms with Crippen LogP contribution in [0.2, 0.25) is 0 Å². The lowest BCUT2D eigenvalue weighted by Gasteiger charge is -2.26. The fraction of sp³-hybridized carbons (Fsp3) is 0.0370. The number of hydrogen-bond acceptors (Lipinski definition) is 1.